The summed E-state index contributed by atoms with van der Waals surface area (Å²) in [4.78, 5) is 2.85. The summed E-state index contributed by atoms with van der Waals surface area (Å²) >= 11 is 3.39. The van der Waals surface area contributed by atoms with Gasteiger partial charge in [0, 0.05) is 16.2 Å². The van der Waals surface area contributed by atoms with Gasteiger partial charge in [0.2, 0.25) is 0 Å². The standard InChI is InChI=1S/C11H8BrN3/c12-8-3-1-2-7(4-8)10-6-15-11(14)9(10)5-13/h1-4,6,15H,14H2. The first kappa shape index (κ1) is 9.81. The molecule has 1 aromatic heterocycles. The van der Waals surface area contributed by atoms with Crippen molar-refractivity contribution >= 4 is 21.7 Å². The minimum Gasteiger partial charge on any atom is -0.384 e. The van der Waals surface area contributed by atoms with E-state index in [1.807, 2.05) is 24.3 Å². The van der Waals surface area contributed by atoms with Crippen LogP contribution in [0.1, 0.15) is 5.56 Å². The molecular formula is C11H8BrN3. The molecule has 2 rings (SSSR count). The van der Waals surface area contributed by atoms with Crippen molar-refractivity contribution in [3.63, 3.8) is 0 Å². The Kier molecular flexibility index (Phi) is 2.48. The van der Waals surface area contributed by atoms with Crippen LogP contribution >= 0.6 is 15.9 Å². The molecule has 1 aromatic carbocycles. The quantitative estimate of drug-likeness (QED) is 0.829. The molecular weight excluding hydrogens is 254 g/mol. The van der Waals surface area contributed by atoms with Crippen LogP contribution in [0.2, 0.25) is 0 Å². The van der Waals surface area contributed by atoms with Crippen LogP contribution in [0.4, 0.5) is 5.82 Å². The Bertz CT molecular complexity index is 537. The van der Waals surface area contributed by atoms with Gasteiger partial charge >= 0.3 is 0 Å². The van der Waals surface area contributed by atoms with Gasteiger partial charge in [0.05, 0.1) is 0 Å². The molecule has 0 saturated carbocycles. The highest BCUT2D eigenvalue weighted by molar-refractivity contribution is 9.10. The second-order valence-corrected chi connectivity index (χ2v) is 4.03. The number of nitriles is 1. The van der Waals surface area contributed by atoms with Gasteiger partial charge in [0.1, 0.15) is 17.5 Å². The minimum absolute atomic E-state index is 0.410. The van der Waals surface area contributed by atoms with Crippen molar-refractivity contribution in [1.29, 1.82) is 5.26 Å². The van der Waals surface area contributed by atoms with E-state index in [1.165, 1.54) is 0 Å². The Morgan fingerprint density at radius 3 is 2.87 bits per heavy atom. The smallest absolute Gasteiger partial charge is 0.119 e. The van der Waals surface area contributed by atoms with Crippen LogP contribution in [0.25, 0.3) is 11.1 Å². The number of rotatable bonds is 1. The maximum absolute atomic E-state index is 8.96. The van der Waals surface area contributed by atoms with Gasteiger partial charge in [-0.15, -0.1) is 0 Å². The maximum atomic E-state index is 8.96. The van der Waals surface area contributed by atoms with E-state index in [0.29, 0.717) is 11.4 Å². The molecule has 15 heavy (non-hydrogen) atoms. The topological polar surface area (TPSA) is 65.6 Å². The summed E-state index contributed by atoms with van der Waals surface area (Å²) in [7, 11) is 0. The predicted octanol–water partition coefficient (Wildman–Crippen LogP) is 2.90. The Balaban J connectivity index is 2.60. The Hall–Kier alpha value is -1.73. The SMILES string of the molecule is N#Cc1c(-c2cccc(Br)c2)c[nH]c1N. The highest BCUT2D eigenvalue weighted by Gasteiger charge is 2.09. The van der Waals surface area contributed by atoms with Crippen LogP contribution in [-0.2, 0) is 0 Å². The average Bonchev–Trinajstić information content (AvgIpc) is 2.59. The van der Waals surface area contributed by atoms with Crippen molar-refractivity contribution in [1.82, 2.24) is 4.98 Å². The largest absolute Gasteiger partial charge is 0.384 e. The van der Waals surface area contributed by atoms with Crippen molar-refractivity contribution < 1.29 is 0 Å². The van der Waals surface area contributed by atoms with Crippen molar-refractivity contribution in [2.45, 2.75) is 0 Å². The van der Waals surface area contributed by atoms with E-state index < -0.39 is 0 Å². The van der Waals surface area contributed by atoms with E-state index in [2.05, 4.69) is 27.0 Å². The maximum Gasteiger partial charge on any atom is 0.119 e. The number of anilines is 1. The minimum atomic E-state index is 0.410. The highest BCUT2D eigenvalue weighted by Crippen LogP contribution is 2.28. The molecule has 74 valence electrons. The number of nitrogen functional groups attached to an aromatic ring is 1. The van der Waals surface area contributed by atoms with Crippen molar-refractivity contribution in [3.05, 3.63) is 40.5 Å². The van der Waals surface area contributed by atoms with Crippen molar-refractivity contribution in [2.75, 3.05) is 5.73 Å². The number of benzene rings is 1. The summed E-state index contributed by atoms with van der Waals surface area (Å²) in [5.41, 5.74) is 7.93. The first-order chi connectivity index (χ1) is 7.22. The second kappa shape index (κ2) is 3.79. The molecule has 3 N–H and O–H groups in total. The van der Waals surface area contributed by atoms with E-state index in [-0.39, 0.29) is 0 Å². The average molecular weight is 262 g/mol. The number of hydrogen-bond donors (Lipinski definition) is 2. The molecule has 0 bridgehead atoms. The molecule has 4 heteroatoms. The van der Waals surface area contributed by atoms with Crippen molar-refractivity contribution in [3.8, 4) is 17.2 Å². The van der Waals surface area contributed by atoms with Gasteiger partial charge in [-0.3, -0.25) is 0 Å². The number of aromatic nitrogens is 1. The summed E-state index contributed by atoms with van der Waals surface area (Å²) in [6.45, 7) is 0. The third-order valence-electron chi connectivity index (χ3n) is 2.16. The lowest BCUT2D eigenvalue weighted by molar-refractivity contribution is 1.40. The molecule has 2 aromatic rings. The predicted molar refractivity (Wildman–Crippen MR) is 63.1 cm³/mol. The van der Waals surface area contributed by atoms with E-state index in [1.54, 1.807) is 6.20 Å². The number of halogens is 1. The molecule has 0 saturated heterocycles. The molecule has 0 aliphatic heterocycles. The Labute approximate surface area is 95.7 Å². The third-order valence-corrected chi connectivity index (χ3v) is 2.65. The highest BCUT2D eigenvalue weighted by atomic mass is 79.9. The number of nitrogens with zero attached hydrogens (tertiary/aromatic N) is 1. The van der Waals surface area contributed by atoms with Crippen LogP contribution in [0.3, 0.4) is 0 Å². The number of nitrogens with two attached hydrogens (primary N) is 1. The van der Waals surface area contributed by atoms with Gasteiger partial charge in [-0.05, 0) is 17.7 Å². The van der Waals surface area contributed by atoms with Gasteiger partial charge in [0.15, 0.2) is 0 Å². The lowest BCUT2D eigenvalue weighted by Gasteiger charge is -1.99. The van der Waals surface area contributed by atoms with Gasteiger partial charge in [-0.1, -0.05) is 28.1 Å². The third kappa shape index (κ3) is 1.74. The first-order valence-corrected chi connectivity index (χ1v) is 5.14. The van der Waals surface area contributed by atoms with Crippen LogP contribution in [0.5, 0.6) is 0 Å². The van der Waals surface area contributed by atoms with Crippen LogP contribution in [0, 0.1) is 11.3 Å². The zero-order valence-corrected chi connectivity index (χ0v) is 9.38. The molecule has 0 atom stereocenters. The monoisotopic (exact) mass is 261 g/mol. The molecule has 0 aliphatic rings. The Morgan fingerprint density at radius 1 is 1.40 bits per heavy atom. The fourth-order valence-electron chi connectivity index (χ4n) is 1.44. The second-order valence-electron chi connectivity index (χ2n) is 3.11. The summed E-state index contributed by atoms with van der Waals surface area (Å²) in [5.74, 6) is 0.410. The van der Waals surface area contributed by atoms with Gasteiger partial charge in [-0.25, -0.2) is 0 Å². The molecule has 0 aliphatic carbocycles. The zero-order chi connectivity index (χ0) is 10.8. The summed E-state index contributed by atoms with van der Waals surface area (Å²) in [6.07, 6.45) is 1.75. The lowest BCUT2D eigenvalue weighted by Crippen LogP contribution is -1.87. The summed E-state index contributed by atoms with van der Waals surface area (Å²) in [5, 5.41) is 8.96. The lowest BCUT2D eigenvalue weighted by atomic mass is 10.1. The first-order valence-electron chi connectivity index (χ1n) is 4.35. The van der Waals surface area contributed by atoms with E-state index >= 15 is 0 Å². The number of aromatic amines is 1. The number of nitrogens with one attached hydrogen (secondary N) is 1. The zero-order valence-electron chi connectivity index (χ0n) is 7.79. The van der Waals surface area contributed by atoms with Gasteiger partial charge in [0.25, 0.3) is 0 Å². The van der Waals surface area contributed by atoms with Gasteiger partial charge in [-0.2, -0.15) is 5.26 Å². The van der Waals surface area contributed by atoms with Crippen LogP contribution in [-0.4, -0.2) is 4.98 Å². The summed E-state index contributed by atoms with van der Waals surface area (Å²) < 4.78 is 0.976. The number of hydrogen-bond acceptors (Lipinski definition) is 2. The summed E-state index contributed by atoms with van der Waals surface area (Å²) in [6, 6.07) is 9.83. The molecule has 1 heterocycles. The fourth-order valence-corrected chi connectivity index (χ4v) is 1.84. The van der Waals surface area contributed by atoms with E-state index in [4.69, 9.17) is 11.0 Å². The van der Waals surface area contributed by atoms with Crippen LogP contribution < -0.4 is 5.73 Å². The molecule has 3 nitrogen and oxygen atoms in total. The van der Waals surface area contributed by atoms with Crippen LogP contribution in [0.15, 0.2) is 34.9 Å². The van der Waals surface area contributed by atoms with E-state index in [0.717, 1.165) is 15.6 Å². The fraction of sp³-hybridized carbons (Fsp3) is 0. The Morgan fingerprint density at radius 2 is 2.20 bits per heavy atom. The van der Waals surface area contributed by atoms with Crippen molar-refractivity contribution in [2.24, 2.45) is 0 Å². The number of H-pyrrole nitrogens is 1. The molecule has 0 fully saturated rings. The normalized spacial score (nSPS) is 9.87. The van der Waals surface area contributed by atoms with Gasteiger partial charge < -0.3 is 10.7 Å². The molecule has 0 amide bonds. The molecule has 0 spiro atoms. The molecule has 0 radical (unpaired) electrons. The molecule has 0 unspecified atom stereocenters. The van der Waals surface area contributed by atoms with E-state index in [9.17, 15) is 0 Å².